The molecule has 2 heterocycles. The summed E-state index contributed by atoms with van der Waals surface area (Å²) in [6.07, 6.45) is 1.23. The molecule has 10 heteroatoms. The highest BCUT2D eigenvalue weighted by molar-refractivity contribution is 7.90. The number of hydrogen-bond donors (Lipinski definition) is 1. The molecule has 2 aromatic heterocycles. The third-order valence-electron chi connectivity index (χ3n) is 6.96. The minimum atomic E-state index is -4.31. The molecular weight excluding hydrogens is 509 g/mol. The van der Waals surface area contributed by atoms with Gasteiger partial charge in [0, 0.05) is 28.1 Å². The zero-order chi connectivity index (χ0) is 27.2. The first kappa shape index (κ1) is 25.6. The quantitative estimate of drug-likeness (QED) is 0.375. The van der Waals surface area contributed by atoms with Crippen molar-refractivity contribution in [2.45, 2.75) is 36.5 Å². The molecule has 5 rings (SSSR count). The molecule has 1 fully saturated rings. The lowest BCUT2D eigenvalue weighted by Crippen LogP contribution is -2.40. The summed E-state index contributed by atoms with van der Waals surface area (Å²) in [7, 11) is -1.43. The van der Waals surface area contributed by atoms with E-state index in [2.05, 4.69) is 14.7 Å². The number of hydrogen-bond acceptors (Lipinski definition) is 7. The highest BCUT2D eigenvalue weighted by atomic mass is 32.2. The molecule has 2 atom stereocenters. The molecule has 38 heavy (non-hydrogen) atoms. The number of rotatable bonds is 7. The van der Waals surface area contributed by atoms with Crippen molar-refractivity contribution >= 4 is 26.8 Å². The first-order valence-electron chi connectivity index (χ1n) is 11.9. The molecule has 0 spiro atoms. The predicted molar refractivity (Wildman–Crippen MR) is 139 cm³/mol. The topological polar surface area (TPSA) is 107 Å². The summed E-state index contributed by atoms with van der Waals surface area (Å²) in [6.45, 7) is 3.67. The number of fused-ring (bicyclic) bond motifs is 1. The van der Waals surface area contributed by atoms with Gasteiger partial charge in [-0.3, -0.25) is 9.78 Å². The highest BCUT2D eigenvalue weighted by Crippen LogP contribution is 2.64. The van der Waals surface area contributed by atoms with E-state index in [1.165, 1.54) is 26.4 Å². The first-order chi connectivity index (χ1) is 18.1. The van der Waals surface area contributed by atoms with Gasteiger partial charge in [-0.1, -0.05) is 23.8 Å². The molecule has 1 aliphatic rings. The van der Waals surface area contributed by atoms with E-state index in [1.807, 2.05) is 19.9 Å². The highest BCUT2D eigenvalue weighted by Gasteiger charge is 2.64. The van der Waals surface area contributed by atoms with Crippen LogP contribution < -0.4 is 14.2 Å². The lowest BCUT2D eigenvalue weighted by Gasteiger charge is -2.22. The standard InChI is InChI=1S/C28H26FN3O5S/c1-16-8-11-24(36-3)21(12-16)28(14-22(28)20-13-18(29)15-30-26(20)37-4)27(33)32-38(34,35)25-7-5-6-23-19(25)10-9-17(2)31-23/h5-13,15,22H,14H2,1-4H3,(H,32,33)/t22-,28-/m1/s1. The number of ether oxygens (including phenoxy) is 2. The zero-order valence-electron chi connectivity index (χ0n) is 21.3. The molecule has 8 nitrogen and oxygen atoms in total. The van der Waals surface area contributed by atoms with E-state index in [-0.39, 0.29) is 17.2 Å². The second kappa shape index (κ2) is 9.36. The number of sulfonamides is 1. The number of nitrogens with one attached hydrogen (secondary N) is 1. The van der Waals surface area contributed by atoms with Crippen LogP contribution in [-0.2, 0) is 20.2 Å². The normalized spacial score (nSPS) is 18.7. The summed E-state index contributed by atoms with van der Waals surface area (Å²) < 4.78 is 54.7. The fourth-order valence-corrected chi connectivity index (χ4v) is 6.33. The third-order valence-corrected chi connectivity index (χ3v) is 8.35. The smallest absolute Gasteiger partial charge is 0.264 e. The Morgan fingerprint density at radius 2 is 1.87 bits per heavy atom. The second-order valence-electron chi connectivity index (χ2n) is 9.39. The first-order valence-corrected chi connectivity index (χ1v) is 13.4. The van der Waals surface area contributed by atoms with Crippen molar-refractivity contribution in [2.75, 3.05) is 14.2 Å². The van der Waals surface area contributed by atoms with Crippen LogP contribution in [0.4, 0.5) is 4.39 Å². The Morgan fingerprint density at radius 3 is 2.61 bits per heavy atom. The van der Waals surface area contributed by atoms with Crippen LogP contribution in [0.3, 0.4) is 0 Å². The largest absolute Gasteiger partial charge is 0.496 e. The van der Waals surface area contributed by atoms with Crippen molar-refractivity contribution in [3.05, 3.63) is 89.0 Å². The van der Waals surface area contributed by atoms with Crippen molar-refractivity contribution in [3.8, 4) is 11.6 Å². The van der Waals surface area contributed by atoms with Gasteiger partial charge in [0.1, 0.15) is 11.6 Å². The summed E-state index contributed by atoms with van der Waals surface area (Å²) in [6, 6.07) is 14.7. The van der Waals surface area contributed by atoms with E-state index in [0.29, 0.717) is 27.8 Å². The van der Waals surface area contributed by atoms with Crippen molar-refractivity contribution in [2.24, 2.45) is 0 Å². The third kappa shape index (κ3) is 4.24. The molecule has 2 aromatic carbocycles. The predicted octanol–water partition coefficient (Wildman–Crippen LogP) is 4.33. The number of halogens is 1. The maximum Gasteiger partial charge on any atom is 0.264 e. The van der Waals surface area contributed by atoms with Gasteiger partial charge in [0.25, 0.3) is 10.0 Å². The van der Waals surface area contributed by atoms with Crippen LogP contribution in [0.2, 0.25) is 0 Å². The molecule has 1 amide bonds. The van der Waals surface area contributed by atoms with Gasteiger partial charge in [-0.05, 0) is 56.7 Å². The number of carbonyl (C=O) groups is 1. The zero-order valence-corrected chi connectivity index (χ0v) is 22.1. The lowest BCUT2D eigenvalue weighted by atomic mass is 9.88. The van der Waals surface area contributed by atoms with Crippen molar-refractivity contribution in [1.29, 1.82) is 0 Å². The number of nitrogens with zero attached hydrogens (tertiary/aromatic N) is 2. The Bertz CT molecular complexity index is 1690. The van der Waals surface area contributed by atoms with Crippen molar-refractivity contribution in [1.82, 2.24) is 14.7 Å². The summed E-state index contributed by atoms with van der Waals surface area (Å²) in [4.78, 5) is 22.4. The van der Waals surface area contributed by atoms with Crippen LogP contribution in [-0.4, -0.2) is 38.5 Å². The van der Waals surface area contributed by atoms with E-state index >= 15 is 0 Å². The number of aromatic nitrogens is 2. The van der Waals surface area contributed by atoms with Gasteiger partial charge in [0.05, 0.1) is 36.2 Å². The number of carbonyl (C=O) groups excluding carboxylic acids is 1. The van der Waals surface area contributed by atoms with Crippen LogP contribution in [0.25, 0.3) is 10.9 Å². The van der Waals surface area contributed by atoms with Gasteiger partial charge >= 0.3 is 0 Å². The summed E-state index contributed by atoms with van der Waals surface area (Å²) >= 11 is 0. The number of aryl methyl sites for hydroxylation is 2. The van der Waals surface area contributed by atoms with Gasteiger partial charge in [0.15, 0.2) is 0 Å². The maximum absolute atomic E-state index is 14.3. The summed E-state index contributed by atoms with van der Waals surface area (Å²) in [5, 5.41) is 0.393. The van der Waals surface area contributed by atoms with Gasteiger partial charge in [-0.25, -0.2) is 22.5 Å². The molecule has 1 N–H and O–H groups in total. The number of benzene rings is 2. The Kier molecular flexibility index (Phi) is 6.30. The molecule has 4 aromatic rings. The van der Waals surface area contributed by atoms with Gasteiger partial charge in [-0.15, -0.1) is 0 Å². The van der Waals surface area contributed by atoms with Crippen molar-refractivity contribution in [3.63, 3.8) is 0 Å². The van der Waals surface area contributed by atoms with Crippen LogP contribution >= 0.6 is 0 Å². The molecule has 0 unspecified atom stereocenters. The number of methoxy groups -OCH3 is 2. The monoisotopic (exact) mass is 535 g/mol. The van der Waals surface area contributed by atoms with E-state index in [1.54, 1.807) is 36.4 Å². The van der Waals surface area contributed by atoms with Gasteiger partial charge < -0.3 is 9.47 Å². The Balaban J connectivity index is 1.63. The summed E-state index contributed by atoms with van der Waals surface area (Å²) in [5.41, 5.74) is 1.58. The molecule has 196 valence electrons. The van der Waals surface area contributed by atoms with Crippen LogP contribution in [0, 0.1) is 19.7 Å². The minimum Gasteiger partial charge on any atom is -0.496 e. The van der Waals surface area contributed by atoms with E-state index in [0.717, 1.165) is 17.5 Å². The average Bonchev–Trinajstić information content (AvgIpc) is 3.65. The molecule has 1 aliphatic carbocycles. The molecule has 0 bridgehead atoms. The molecule has 1 saturated carbocycles. The number of pyridine rings is 2. The van der Waals surface area contributed by atoms with Crippen molar-refractivity contribution < 1.29 is 27.1 Å². The Hall–Kier alpha value is -4.05. The maximum atomic E-state index is 14.3. The van der Waals surface area contributed by atoms with E-state index < -0.39 is 33.1 Å². The van der Waals surface area contributed by atoms with Gasteiger partial charge in [-0.2, -0.15) is 0 Å². The molecule has 0 radical (unpaired) electrons. The van der Waals surface area contributed by atoms with Gasteiger partial charge in [0.2, 0.25) is 11.8 Å². The lowest BCUT2D eigenvalue weighted by molar-refractivity contribution is -0.122. The fraction of sp³-hybridized carbons (Fsp3) is 0.250. The van der Waals surface area contributed by atoms with Crippen LogP contribution in [0.15, 0.2) is 65.7 Å². The van der Waals surface area contributed by atoms with E-state index in [9.17, 15) is 17.6 Å². The average molecular weight is 536 g/mol. The Labute approximate surface area is 219 Å². The fourth-order valence-electron chi connectivity index (χ4n) is 5.07. The van der Waals surface area contributed by atoms with Crippen LogP contribution in [0.1, 0.15) is 34.7 Å². The minimum absolute atomic E-state index is 0.0654. The summed E-state index contributed by atoms with van der Waals surface area (Å²) in [5.74, 6) is -1.38. The molecule has 0 saturated heterocycles. The number of amides is 1. The molecular formula is C28H26FN3O5S. The second-order valence-corrected chi connectivity index (χ2v) is 11.0. The van der Waals surface area contributed by atoms with E-state index in [4.69, 9.17) is 9.47 Å². The SMILES string of the molecule is COc1ccc(C)cc1[C@]1(C(=O)NS(=O)(=O)c2cccc3nc(C)ccc23)C[C@@H]1c1cc(F)cnc1OC. The van der Waals surface area contributed by atoms with Crippen LogP contribution in [0.5, 0.6) is 11.6 Å². The Morgan fingerprint density at radius 1 is 1.08 bits per heavy atom. The molecule has 0 aliphatic heterocycles.